The number of piperidine rings is 1. The molecule has 2 saturated heterocycles. The van der Waals surface area contributed by atoms with Crippen molar-refractivity contribution in [1.29, 1.82) is 0 Å². The summed E-state index contributed by atoms with van der Waals surface area (Å²) in [6, 6.07) is 8.13. The molecule has 1 aromatic carbocycles. The molecule has 2 heterocycles. The van der Waals surface area contributed by atoms with Crippen LogP contribution in [0.2, 0.25) is 0 Å². The quantitative estimate of drug-likeness (QED) is 0.648. The standard InChI is InChI=1S/C22H34N2O2/c1-2-3-18-26-21-11-9-19(10-12-21)22(25)24-16-5-4-8-20(24)13-17-23-14-6-7-15-23/h9-12,20H,2-8,13-18H2,1H3/t20-/m0/s1. The molecule has 0 bridgehead atoms. The van der Waals surface area contributed by atoms with Crippen molar-refractivity contribution in [3.63, 3.8) is 0 Å². The Balaban J connectivity index is 1.56. The van der Waals surface area contributed by atoms with Crippen molar-refractivity contribution >= 4 is 5.91 Å². The smallest absolute Gasteiger partial charge is 0.254 e. The van der Waals surface area contributed by atoms with Crippen LogP contribution in [0.15, 0.2) is 24.3 Å². The van der Waals surface area contributed by atoms with Crippen LogP contribution in [0, 0.1) is 0 Å². The molecule has 26 heavy (non-hydrogen) atoms. The van der Waals surface area contributed by atoms with Gasteiger partial charge in [-0.15, -0.1) is 0 Å². The number of ether oxygens (including phenoxy) is 1. The molecular formula is C22H34N2O2. The van der Waals surface area contributed by atoms with E-state index in [9.17, 15) is 4.79 Å². The number of likely N-dealkylation sites (tertiary alicyclic amines) is 2. The van der Waals surface area contributed by atoms with Gasteiger partial charge in [-0.1, -0.05) is 13.3 Å². The van der Waals surface area contributed by atoms with Crippen molar-refractivity contribution in [2.24, 2.45) is 0 Å². The predicted octanol–water partition coefficient (Wildman–Crippen LogP) is 4.35. The molecule has 2 aliphatic rings. The third-order valence-electron chi connectivity index (χ3n) is 5.73. The highest BCUT2D eigenvalue weighted by molar-refractivity contribution is 5.94. The van der Waals surface area contributed by atoms with Crippen LogP contribution < -0.4 is 4.74 Å². The largest absolute Gasteiger partial charge is 0.494 e. The van der Waals surface area contributed by atoms with Crippen LogP contribution in [0.5, 0.6) is 5.75 Å². The third-order valence-corrected chi connectivity index (χ3v) is 5.73. The van der Waals surface area contributed by atoms with Crippen LogP contribution in [-0.2, 0) is 0 Å². The molecule has 1 atom stereocenters. The summed E-state index contributed by atoms with van der Waals surface area (Å²) in [5.41, 5.74) is 0.793. The molecule has 144 valence electrons. The van der Waals surface area contributed by atoms with Gasteiger partial charge >= 0.3 is 0 Å². The summed E-state index contributed by atoms with van der Waals surface area (Å²) in [7, 11) is 0. The second-order valence-electron chi connectivity index (χ2n) is 7.71. The van der Waals surface area contributed by atoms with E-state index in [0.29, 0.717) is 6.04 Å². The molecule has 4 heteroatoms. The fraction of sp³-hybridized carbons (Fsp3) is 0.682. The number of rotatable bonds is 8. The van der Waals surface area contributed by atoms with E-state index in [1.165, 1.54) is 32.4 Å². The first-order valence-electron chi connectivity index (χ1n) is 10.5. The minimum Gasteiger partial charge on any atom is -0.494 e. The zero-order chi connectivity index (χ0) is 18.2. The monoisotopic (exact) mass is 358 g/mol. The van der Waals surface area contributed by atoms with Crippen LogP contribution in [-0.4, -0.2) is 54.5 Å². The van der Waals surface area contributed by atoms with E-state index in [0.717, 1.165) is 63.1 Å². The van der Waals surface area contributed by atoms with Crippen molar-refractivity contribution in [3.05, 3.63) is 29.8 Å². The number of amides is 1. The van der Waals surface area contributed by atoms with Gasteiger partial charge in [0.15, 0.2) is 0 Å². The third kappa shape index (κ3) is 5.23. The highest BCUT2D eigenvalue weighted by atomic mass is 16.5. The number of benzene rings is 1. The topological polar surface area (TPSA) is 32.8 Å². The van der Waals surface area contributed by atoms with E-state index in [1.54, 1.807) is 0 Å². The van der Waals surface area contributed by atoms with Crippen molar-refractivity contribution in [2.45, 2.75) is 64.3 Å². The first-order valence-corrected chi connectivity index (χ1v) is 10.5. The normalized spacial score (nSPS) is 21.1. The Kier molecular flexibility index (Phi) is 7.36. The second kappa shape index (κ2) is 9.96. The van der Waals surface area contributed by atoms with Gasteiger partial charge in [0.25, 0.3) is 5.91 Å². The van der Waals surface area contributed by atoms with Crippen LogP contribution in [0.4, 0.5) is 0 Å². The number of hydrogen-bond donors (Lipinski definition) is 0. The average molecular weight is 359 g/mol. The number of hydrogen-bond acceptors (Lipinski definition) is 3. The van der Waals surface area contributed by atoms with Gasteiger partial charge in [0.2, 0.25) is 0 Å². The first kappa shape index (κ1) is 19.2. The van der Waals surface area contributed by atoms with E-state index in [2.05, 4.69) is 16.7 Å². The lowest BCUT2D eigenvalue weighted by molar-refractivity contribution is 0.0588. The minimum absolute atomic E-state index is 0.191. The molecule has 0 saturated carbocycles. The molecule has 0 N–H and O–H groups in total. The van der Waals surface area contributed by atoms with Crippen molar-refractivity contribution in [3.8, 4) is 5.75 Å². The van der Waals surface area contributed by atoms with Crippen LogP contribution in [0.1, 0.15) is 68.6 Å². The summed E-state index contributed by atoms with van der Waals surface area (Å²) in [5.74, 6) is 1.05. The summed E-state index contributed by atoms with van der Waals surface area (Å²) in [6.45, 7) is 7.41. The van der Waals surface area contributed by atoms with Gasteiger partial charge in [0, 0.05) is 24.7 Å². The number of unbranched alkanes of at least 4 members (excludes halogenated alkanes) is 1. The fourth-order valence-corrected chi connectivity index (χ4v) is 4.10. The zero-order valence-corrected chi connectivity index (χ0v) is 16.3. The molecule has 1 amide bonds. The van der Waals surface area contributed by atoms with Gasteiger partial charge in [-0.05, 0) is 82.3 Å². The molecule has 2 aliphatic heterocycles. The second-order valence-corrected chi connectivity index (χ2v) is 7.71. The Morgan fingerprint density at radius 3 is 2.54 bits per heavy atom. The van der Waals surface area contributed by atoms with Crippen LogP contribution in [0.3, 0.4) is 0 Å². The van der Waals surface area contributed by atoms with Crippen LogP contribution in [0.25, 0.3) is 0 Å². The van der Waals surface area contributed by atoms with Crippen molar-refractivity contribution in [1.82, 2.24) is 9.80 Å². The Morgan fingerprint density at radius 2 is 1.81 bits per heavy atom. The van der Waals surface area contributed by atoms with Crippen molar-refractivity contribution < 1.29 is 9.53 Å². The SMILES string of the molecule is CCCCOc1ccc(C(=O)N2CCCC[C@H]2CCN2CCCC2)cc1. The van der Waals surface area contributed by atoms with Crippen molar-refractivity contribution in [2.75, 3.05) is 32.8 Å². The van der Waals surface area contributed by atoms with Gasteiger partial charge < -0.3 is 14.5 Å². The molecule has 0 spiro atoms. The molecule has 0 unspecified atom stereocenters. The lowest BCUT2D eigenvalue weighted by atomic mass is 9.98. The first-order chi connectivity index (χ1) is 12.8. The maximum Gasteiger partial charge on any atom is 0.254 e. The zero-order valence-electron chi connectivity index (χ0n) is 16.3. The molecule has 0 aromatic heterocycles. The van der Waals surface area contributed by atoms with Gasteiger partial charge in [0.05, 0.1) is 6.61 Å². The van der Waals surface area contributed by atoms with Gasteiger partial charge in [0.1, 0.15) is 5.75 Å². The highest BCUT2D eigenvalue weighted by Gasteiger charge is 2.28. The molecule has 4 nitrogen and oxygen atoms in total. The minimum atomic E-state index is 0.191. The predicted molar refractivity (Wildman–Crippen MR) is 106 cm³/mol. The summed E-state index contributed by atoms with van der Waals surface area (Å²) in [6.07, 6.45) is 9.50. The lowest BCUT2D eigenvalue weighted by Gasteiger charge is -2.36. The molecule has 3 rings (SSSR count). The maximum absolute atomic E-state index is 13.0. The lowest BCUT2D eigenvalue weighted by Crippen LogP contribution is -2.45. The van der Waals surface area contributed by atoms with E-state index in [-0.39, 0.29) is 5.91 Å². The van der Waals surface area contributed by atoms with Gasteiger partial charge in [-0.25, -0.2) is 0 Å². The Labute approximate surface area is 158 Å². The summed E-state index contributed by atoms with van der Waals surface area (Å²) in [5, 5.41) is 0. The Morgan fingerprint density at radius 1 is 1.08 bits per heavy atom. The summed E-state index contributed by atoms with van der Waals surface area (Å²) in [4.78, 5) is 17.7. The highest BCUT2D eigenvalue weighted by Crippen LogP contribution is 2.24. The number of carbonyl (C=O) groups is 1. The number of carbonyl (C=O) groups excluding carboxylic acids is 1. The Hall–Kier alpha value is -1.55. The van der Waals surface area contributed by atoms with E-state index in [4.69, 9.17) is 4.74 Å². The van der Waals surface area contributed by atoms with E-state index >= 15 is 0 Å². The van der Waals surface area contributed by atoms with E-state index in [1.807, 2.05) is 24.3 Å². The summed E-state index contributed by atoms with van der Waals surface area (Å²) < 4.78 is 5.71. The van der Waals surface area contributed by atoms with Crippen LogP contribution >= 0.6 is 0 Å². The maximum atomic E-state index is 13.0. The fourth-order valence-electron chi connectivity index (χ4n) is 4.10. The summed E-state index contributed by atoms with van der Waals surface area (Å²) >= 11 is 0. The molecule has 0 radical (unpaired) electrons. The van der Waals surface area contributed by atoms with E-state index < -0.39 is 0 Å². The molecule has 1 aromatic rings. The van der Waals surface area contributed by atoms with Gasteiger partial charge in [-0.2, -0.15) is 0 Å². The molecular weight excluding hydrogens is 324 g/mol. The Bertz CT molecular complexity index is 552. The molecule has 0 aliphatic carbocycles. The average Bonchev–Trinajstić information content (AvgIpc) is 3.20. The number of nitrogens with zero attached hydrogens (tertiary/aromatic N) is 2. The van der Waals surface area contributed by atoms with Gasteiger partial charge in [-0.3, -0.25) is 4.79 Å². The molecule has 2 fully saturated rings.